The molecule has 0 unspecified atom stereocenters. The first kappa shape index (κ1) is 17.8. The number of nitrogen functional groups attached to an aromatic ring is 1. The number of anilines is 1. The van der Waals surface area contributed by atoms with Crippen molar-refractivity contribution < 1.29 is 8.78 Å². The lowest BCUT2D eigenvalue weighted by atomic mass is 10.0. The topological polar surface area (TPSA) is 83.8 Å². The molecule has 2 N–H and O–H groups in total. The molecule has 6 nitrogen and oxygen atoms in total. The van der Waals surface area contributed by atoms with E-state index in [1.807, 2.05) is 25.1 Å². The molecule has 3 rings (SSSR count). The van der Waals surface area contributed by atoms with E-state index in [9.17, 15) is 8.78 Å². The van der Waals surface area contributed by atoms with Crippen LogP contribution >= 0.6 is 0 Å². The van der Waals surface area contributed by atoms with Crippen LogP contribution in [0.15, 0.2) is 30.5 Å². The minimum absolute atomic E-state index is 0.128. The number of alkyl halides is 2. The fourth-order valence-corrected chi connectivity index (χ4v) is 2.63. The first-order valence-corrected chi connectivity index (χ1v) is 8.00. The highest BCUT2D eigenvalue weighted by atomic mass is 19.3. The molecule has 0 aliphatic carbocycles. The normalized spacial score (nSPS) is 11.4. The number of pyridine rings is 1. The summed E-state index contributed by atoms with van der Waals surface area (Å²) in [7, 11) is 3.86. The van der Waals surface area contributed by atoms with Gasteiger partial charge in [-0.05, 0) is 32.3 Å². The molecule has 0 fully saturated rings. The third kappa shape index (κ3) is 3.48. The zero-order chi connectivity index (χ0) is 18.8. The summed E-state index contributed by atoms with van der Waals surface area (Å²) >= 11 is 0. The van der Waals surface area contributed by atoms with Crippen molar-refractivity contribution in [2.75, 3.05) is 26.4 Å². The Labute approximate surface area is 149 Å². The monoisotopic (exact) mass is 356 g/mol. The molecular weight excluding hydrogens is 338 g/mol. The van der Waals surface area contributed by atoms with E-state index < -0.39 is 6.43 Å². The molecule has 0 amide bonds. The van der Waals surface area contributed by atoms with Crippen LogP contribution in [0.5, 0.6) is 0 Å². The van der Waals surface area contributed by atoms with Gasteiger partial charge in [0.15, 0.2) is 5.65 Å². The molecule has 0 saturated carbocycles. The first-order valence-electron chi connectivity index (χ1n) is 8.00. The molecule has 0 saturated heterocycles. The summed E-state index contributed by atoms with van der Waals surface area (Å²) in [6, 6.07) is 8.10. The Morgan fingerprint density at radius 3 is 2.73 bits per heavy atom. The van der Waals surface area contributed by atoms with Gasteiger partial charge in [-0.15, -0.1) is 0 Å². The van der Waals surface area contributed by atoms with Gasteiger partial charge in [0.2, 0.25) is 0 Å². The maximum absolute atomic E-state index is 13.6. The van der Waals surface area contributed by atoms with Gasteiger partial charge in [0, 0.05) is 34.9 Å². The molecule has 0 aliphatic rings. The first-order chi connectivity index (χ1) is 12.4. The van der Waals surface area contributed by atoms with Crippen molar-refractivity contribution in [2.45, 2.75) is 13.0 Å². The predicted molar refractivity (Wildman–Crippen MR) is 95.6 cm³/mol. The van der Waals surface area contributed by atoms with Crippen LogP contribution in [0, 0.1) is 11.3 Å². The van der Waals surface area contributed by atoms with E-state index in [0.29, 0.717) is 28.9 Å². The Balaban J connectivity index is 2.11. The zero-order valence-corrected chi connectivity index (χ0v) is 14.4. The zero-order valence-electron chi connectivity index (χ0n) is 14.4. The highest BCUT2D eigenvalue weighted by Gasteiger charge is 2.18. The van der Waals surface area contributed by atoms with Crippen molar-refractivity contribution in [1.29, 1.82) is 5.26 Å². The average Bonchev–Trinajstić information content (AvgIpc) is 3.02. The number of benzene rings is 1. The van der Waals surface area contributed by atoms with Crippen molar-refractivity contribution in [3.63, 3.8) is 0 Å². The number of nitrogens with two attached hydrogens (primary N) is 1. The van der Waals surface area contributed by atoms with E-state index in [1.54, 1.807) is 29.1 Å². The van der Waals surface area contributed by atoms with E-state index in [-0.39, 0.29) is 16.8 Å². The number of nitriles is 1. The van der Waals surface area contributed by atoms with Crippen LogP contribution in [0.25, 0.3) is 22.3 Å². The Morgan fingerprint density at radius 2 is 2.08 bits per heavy atom. The van der Waals surface area contributed by atoms with Crippen LogP contribution in [-0.4, -0.2) is 40.3 Å². The van der Waals surface area contributed by atoms with E-state index in [1.165, 1.54) is 6.07 Å². The number of halogens is 2. The van der Waals surface area contributed by atoms with Crippen molar-refractivity contribution >= 4 is 16.7 Å². The largest absolute Gasteiger partial charge is 0.398 e. The molecular formula is C18H18F2N6. The van der Waals surface area contributed by atoms with Gasteiger partial charge in [0.05, 0.1) is 17.8 Å². The summed E-state index contributed by atoms with van der Waals surface area (Å²) in [5, 5.41) is 13.8. The minimum atomic E-state index is -2.66. The molecule has 134 valence electrons. The Hall–Kier alpha value is -3.05. The smallest absolute Gasteiger partial charge is 0.264 e. The van der Waals surface area contributed by atoms with Gasteiger partial charge in [0.25, 0.3) is 6.43 Å². The average molecular weight is 356 g/mol. The number of aromatic nitrogens is 3. The van der Waals surface area contributed by atoms with E-state index in [2.05, 4.69) is 10.1 Å². The quantitative estimate of drug-likeness (QED) is 0.711. The van der Waals surface area contributed by atoms with E-state index in [0.717, 1.165) is 6.54 Å². The van der Waals surface area contributed by atoms with Gasteiger partial charge in [-0.3, -0.25) is 4.68 Å². The molecule has 26 heavy (non-hydrogen) atoms. The number of hydrogen-bond donors (Lipinski definition) is 1. The summed E-state index contributed by atoms with van der Waals surface area (Å²) in [5.74, 6) is 0. The number of likely N-dealkylation sites (N-methyl/N-ethyl adjacent to an activating group) is 1. The van der Waals surface area contributed by atoms with Crippen LogP contribution in [0.4, 0.5) is 14.5 Å². The Kier molecular flexibility index (Phi) is 4.82. The lowest BCUT2D eigenvalue weighted by Gasteiger charge is -2.08. The molecule has 0 radical (unpaired) electrons. The van der Waals surface area contributed by atoms with E-state index in [4.69, 9.17) is 11.0 Å². The Bertz CT molecular complexity index is 987. The van der Waals surface area contributed by atoms with Gasteiger partial charge in [-0.2, -0.15) is 10.4 Å². The van der Waals surface area contributed by atoms with Gasteiger partial charge in [0.1, 0.15) is 6.07 Å². The lowest BCUT2D eigenvalue weighted by molar-refractivity contribution is 0.153. The van der Waals surface area contributed by atoms with Gasteiger partial charge < -0.3 is 10.6 Å². The van der Waals surface area contributed by atoms with Gasteiger partial charge in [-0.1, -0.05) is 6.07 Å². The number of hydrogen-bond acceptors (Lipinski definition) is 5. The summed E-state index contributed by atoms with van der Waals surface area (Å²) < 4.78 is 28.8. The molecule has 0 aliphatic heterocycles. The minimum Gasteiger partial charge on any atom is -0.398 e. The van der Waals surface area contributed by atoms with Crippen molar-refractivity contribution in [3.05, 3.63) is 41.6 Å². The highest BCUT2D eigenvalue weighted by molar-refractivity contribution is 5.82. The number of nitrogens with zero attached hydrogens (tertiary/aromatic N) is 5. The second-order valence-corrected chi connectivity index (χ2v) is 6.24. The maximum Gasteiger partial charge on any atom is 0.264 e. The van der Waals surface area contributed by atoms with Crippen LogP contribution in [0.3, 0.4) is 0 Å². The second kappa shape index (κ2) is 7.06. The third-order valence-corrected chi connectivity index (χ3v) is 4.05. The number of fused-ring (bicyclic) bond motifs is 1. The maximum atomic E-state index is 13.6. The highest BCUT2D eigenvalue weighted by Crippen LogP contribution is 2.31. The molecule has 1 aromatic carbocycles. The molecule has 0 atom stereocenters. The lowest BCUT2D eigenvalue weighted by Crippen LogP contribution is -2.18. The molecule has 0 spiro atoms. The standard InChI is InChI=1S/C18H18F2N6/c1-25(2)5-6-26-10-14-13(17(19)20)8-16(23-18(14)24-26)11-3-4-15(22)12(7-11)9-21/h3-4,7-8,10,17H,5-6,22H2,1-2H3. The molecule has 2 aromatic heterocycles. The summed E-state index contributed by atoms with van der Waals surface area (Å²) in [5.41, 5.74) is 7.34. The molecule has 8 heteroatoms. The third-order valence-electron chi connectivity index (χ3n) is 4.05. The van der Waals surface area contributed by atoms with Crippen LogP contribution in [-0.2, 0) is 6.54 Å². The Morgan fingerprint density at radius 1 is 1.31 bits per heavy atom. The fraction of sp³-hybridized carbons (Fsp3) is 0.278. The summed E-state index contributed by atoms with van der Waals surface area (Å²) in [6.07, 6.45) is -1.06. The van der Waals surface area contributed by atoms with Crippen molar-refractivity contribution in [1.82, 2.24) is 19.7 Å². The molecule has 3 aromatic rings. The van der Waals surface area contributed by atoms with Crippen molar-refractivity contribution in [2.24, 2.45) is 0 Å². The second-order valence-electron chi connectivity index (χ2n) is 6.24. The van der Waals surface area contributed by atoms with Crippen molar-refractivity contribution in [3.8, 4) is 17.3 Å². The van der Waals surface area contributed by atoms with E-state index >= 15 is 0 Å². The summed E-state index contributed by atoms with van der Waals surface area (Å²) in [6.45, 7) is 1.30. The molecule has 2 heterocycles. The van der Waals surface area contributed by atoms with Crippen LogP contribution in [0.1, 0.15) is 17.6 Å². The van der Waals surface area contributed by atoms with Crippen LogP contribution < -0.4 is 5.73 Å². The number of rotatable bonds is 5. The molecule has 0 bridgehead atoms. The van der Waals surface area contributed by atoms with Gasteiger partial charge >= 0.3 is 0 Å². The fourth-order valence-electron chi connectivity index (χ4n) is 2.63. The van der Waals surface area contributed by atoms with Crippen LogP contribution in [0.2, 0.25) is 0 Å². The SMILES string of the molecule is CN(C)CCn1cc2c(C(F)F)cc(-c3ccc(N)c(C#N)c3)nc2n1. The van der Waals surface area contributed by atoms with Gasteiger partial charge in [-0.25, -0.2) is 13.8 Å². The predicted octanol–water partition coefficient (Wildman–Crippen LogP) is 3.05. The summed E-state index contributed by atoms with van der Waals surface area (Å²) in [4.78, 5) is 6.40.